The van der Waals surface area contributed by atoms with Crippen molar-refractivity contribution < 1.29 is 23.9 Å². The summed E-state index contributed by atoms with van der Waals surface area (Å²) < 4.78 is 10.0. The first kappa shape index (κ1) is 18.2. The summed E-state index contributed by atoms with van der Waals surface area (Å²) in [7, 11) is 2.89. The molecule has 0 atom stereocenters. The van der Waals surface area contributed by atoms with Gasteiger partial charge in [-0.15, -0.1) is 0 Å². The van der Waals surface area contributed by atoms with Gasteiger partial charge in [-0.05, 0) is 36.4 Å². The Morgan fingerprint density at radius 1 is 1.19 bits per heavy atom. The molecule has 0 saturated carbocycles. The predicted octanol–water partition coefficient (Wildman–Crippen LogP) is 2.25. The van der Waals surface area contributed by atoms with Crippen LogP contribution in [-0.4, -0.2) is 45.2 Å². The minimum absolute atomic E-state index is 0.0984. The minimum atomic E-state index is -0.490. The van der Waals surface area contributed by atoms with Crippen LogP contribution < -0.4 is 19.9 Å². The van der Waals surface area contributed by atoms with Gasteiger partial charge in [0.25, 0.3) is 5.91 Å². The van der Waals surface area contributed by atoms with E-state index in [1.54, 1.807) is 55.6 Å². The molecule has 0 radical (unpaired) electrons. The highest BCUT2D eigenvalue weighted by atomic mass is 16.5. The number of nitrogens with one attached hydrogen (secondary N) is 1. The van der Waals surface area contributed by atoms with Crippen molar-refractivity contribution in [3.63, 3.8) is 0 Å². The summed E-state index contributed by atoms with van der Waals surface area (Å²) in [6.45, 7) is -0.220. The number of benzene rings is 2. The molecule has 0 saturated heterocycles. The smallest absolute Gasteiger partial charge is 0.413 e. The maximum absolute atomic E-state index is 12.4. The highest BCUT2D eigenvalue weighted by Gasteiger charge is 2.26. The normalized spacial score (nSPS) is 12.7. The molecule has 140 valence electrons. The molecule has 0 bridgehead atoms. The van der Waals surface area contributed by atoms with Crippen molar-refractivity contribution in [2.45, 2.75) is 0 Å². The molecular formula is C19H19N3O5. The van der Waals surface area contributed by atoms with Gasteiger partial charge in [0.05, 0.1) is 12.8 Å². The molecule has 1 heterocycles. The first-order valence-corrected chi connectivity index (χ1v) is 8.23. The van der Waals surface area contributed by atoms with Crippen LogP contribution in [0.5, 0.6) is 5.75 Å². The first-order chi connectivity index (χ1) is 13.0. The fourth-order valence-electron chi connectivity index (χ4n) is 2.68. The van der Waals surface area contributed by atoms with Gasteiger partial charge in [-0.1, -0.05) is 12.1 Å². The maximum atomic E-state index is 12.4. The third-order valence-electron chi connectivity index (χ3n) is 4.10. The average Bonchev–Trinajstić information content (AvgIpc) is 2.69. The zero-order chi connectivity index (χ0) is 19.4. The zero-order valence-corrected chi connectivity index (χ0v) is 15.0. The Balaban J connectivity index is 1.66. The molecular weight excluding hydrogens is 350 g/mol. The van der Waals surface area contributed by atoms with Crippen molar-refractivity contribution in [2.75, 3.05) is 42.4 Å². The monoisotopic (exact) mass is 369 g/mol. The molecule has 0 spiro atoms. The third-order valence-corrected chi connectivity index (χ3v) is 4.10. The molecule has 3 amide bonds. The lowest BCUT2D eigenvalue weighted by Crippen LogP contribution is -2.43. The summed E-state index contributed by atoms with van der Waals surface area (Å²) in [6.07, 6.45) is -0.490. The summed E-state index contributed by atoms with van der Waals surface area (Å²) in [6, 6.07) is 13.8. The number of nitrogens with zero attached hydrogens (tertiary/aromatic N) is 2. The third kappa shape index (κ3) is 4.00. The first-order valence-electron chi connectivity index (χ1n) is 8.23. The fourth-order valence-corrected chi connectivity index (χ4v) is 2.68. The second-order valence-electron chi connectivity index (χ2n) is 5.86. The summed E-state index contributed by atoms with van der Waals surface area (Å²) in [5.74, 6) is -0.0480. The molecule has 27 heavy (non-hydrogen) atoms. The molecule has 0 aliphatic carbocycles. The van der Waals surface area contributed by atoms with Gasteiger partial charge in [0, 0.05) is 18.4 Å². The molecule has 0 aromatic heterocycles. The van der Waals surface area contributed by atoms with Gasteiger partial charge in [-0.2, -0.15) is 0 Å². The molecule has 3 rings (SSSR count). The SMILES string of the molecule is COC(=O)N(C)c1ccc(NC(=O)CN2C(=O)COc3ccccc32)cc1. The van der Waals surface area contributed by atoms with Gasteiger partial charge in [-0.25, -0.2) is 4.79 Å². The predicted molar refractivity (Wildman–Crippen MR) is 100 cm³/mol. The average molecular weight is 369 g/mol. The van der Waals surface area contributed by atoms with Crippen LogP contribution in [0.1, 0.15) is 0 Å². The van der Waals surface area contributed by atoms with Crippen LogP contribution in [0.3, 0.4) is 0 Å². The lowest BCUT2D eigenvalue weighted by atomic mass is 10.2. The number of carbonyl (C=O) groups excluding carboxylic acids is 3. The number of amides is 3. The van der Waals surface area contributed by atoms with E-state index in [0.717, 1.165) is 0 Å². The van der Waals surface area contributed by atoms with Gasteiger partial charge in [0.1, 0.15) is 12.3 Å². The molecule has 2 aromatic carbocycles. The van der Waals surface area contributed by atoms with Crippen LogP contribution in [-0.2, 0) is 14.3 Å². The van der Waals surface area contributed by atoms with E-state index in [2.05, 4.69) is 10.1 Å². The van der Waals surface area contributed by atoms with Crippen molar-refractivity contribution in [2.24, 2.45) is 0 Å². The van der Waals surface area contributed by atoms with Crippen LogP contribution in [0.25, 0.3) is 0 Å². The molecule has 8 heteroatoms. The minimum Gasteiger partial charge on any atom is -0.482 e. The number of hydrogen-bond donors (Lipinski definition) is 1. The Labute approximate surface area is 156 Å². The van der Waals surface area contributed by atoms with E-state index in [-0.39, 0.29) is 25.0 Å². The summed E-state index contributed by atoms with van der Waals surface area (Å²) in [5, 5.41) is 2.74. The van der Waals surface area contributed by atoms with E-state index in [4.69, 9.17) is 4.74 Å². The summed E-state index contributed by atoms with van der Waals surface area (Å²) in [5.41, 5.74) is 1.74. The topological polar surface area (TPSA) is 88.2 Å². The summed E-state index contributed by atoms with van der Waals surface area (Å²) in [4.78, 5) is 38.8. The van der Waals surface area contributed by atoms with E-state index in [1.807, 2.05) is 0 Å². The van der Waals surface area contributed by atoms with E-state index in [0.29, 0.717) is 22.8 Å². The number of methoxy groups -OCH3 is 1. The van der Waals surface area contributed by atoms with Gasteiger partial charge >= 0.3 is 6.09 Å². The van der Waals surface area contributed by atoms with E-state index in [9.17, 15) is 14.4 Å². The molecule has 0 fully saturated rings. The second kappa shape index (κ2) is 7.77. The van der Waals surface area contributed by atoms with Gasteiger partial charge in [0.2, 0.25) is 5.91 Å². The Morgan fingerprint density at radius 2 is 1.89 bits per heavy atom. The van der Waals surface area contributed by atoms with Gasteiger partial charge < -0.3 is 14.8 Å². The molecule has 0 unspecified atom stereocenters. The van der Waals surface area contributed by atoms with E-state index >= 15 is 0 Å². The largest absolute Gasteiger partial charge is 0.482 e. The number of para-hydroxylation sites is 2. The fraction of sp³-hybridized carbons (Fsp3) is 0.211. The Morgan fingerprint density at radius 3 is 2.59 bits per heavy atom. The van der Waals surface area contributed by atoms with Crippen LogP contribution in [0.15, 0.2) is 48.5 Å². The lowest BCUT2D eigenvalue weighted by Gasteiger charge is -2.28. The van der Waals surface area contributed by atoms with E-state index < -0.39 is 6.09 Å². The number of rotatable bonds is 4. The van der Waals surface area contributed by atoms with Crippen LogP contribution >= 0.6 is 0 Å². The van der Waals surface area contributed by atoms with Crippen LogP contribution in [0, 0.1) is 0 Å². The Kier molecular flexibility index (Phi) is 5.25. The number of hydrogen-bond acceptors (Lipinski definition) is 5. The highest BCUT2D eigenvalue weighted by Crippen LogP contribution is 2.31. The molecule has 1 aliphatic rings. The van der Waals surface area contributed by atoms with Crippen molar-refractivity contribution in [3.8, 4) is 5.75 Å². The number of carbonyl (C=O) groups is 3. The van der Waals surface area contributed by atoms with Crippen LogP contribution in [0.4, 0.5) is 21.9 Å². The van der Waals surface area contributed by atoms with Gasteiger partial charge in [-0.3, -0.25) is 19.4 Å². The van der Waals surface area contributed by atoms with Gasteiger partial charge in [0.15, 0.2) is 6.61 Å². The lowest BCUT2D eigenvalue weighted by molar-refractivity contribution is -0.123. The zero-order valence-electron chi connectivity index (χ0n) is 15.0. The number of anilines is 3. The van der Waals surface area contributed by atoms with Crippen molar-refractivity contribution >= 4 is 35.0 Å². The van der Waals surface area contributed by atoms with Crippen molar-refractivity contribution in [1.29, 1.82) is 0 Å². The number of ether oxygens (including phenoxy) is 2. The summed E-state index contributed by atoms with van der Waals surface area (Å²) >= 11 is 0. The number of fused-ring (bicyclic) bond motifs is 1. The van der Waals surface area contributed by atoms with Crippen LogP contribution in [0.2, 0.25) is 0 Å². The molecule has 1 aliphatic heterocycles. The Bertz CT molecular complexity index is 866. The molecule has 8 nitrogen and oxygen atoms in total. The molecule has 2 aromatic rings. The van der Waals surface area contributed by atoms with Crippen molar-refractivity contribution in [3.05, 3.63) is 48.5 Å². The second-order valence-corrected chi connectivity index (χ2v) is 5.86. The quantitative estimate of drug-likeness (QED) is 0.893. The Hall–Kier alpha value is -3.55. The highest BCUT2D eigenvalue weighted by molar-refractivity contribution is 6.05. The standard InChI is InChI=1S/C19H19N3O5/c1-21(19(25)26-2)14-9-7-13(8-10-14)20-17(23)11-22-15-5-3-4-6-16(15)27-12-18(22)24/h3-10H,11-12H2,1-2H3,(H,20,23). The van der Waals surface area contributed by atoms with E-state index in [1.165, 1.54) is 16.9 Å². The molecule has 1 N–H and O–H groups in total. The van der Waals surface area contributed by atoms with Crippen molar-refractivity contribution in [1.82, 2.24) is 0 Å². The maximum Gasteiger partial charge on any atom is 0.413 e.